The summed E-state index contributed by atoms with van der Waals surface area (Å²) in [6.07, 6.45) is 1.60. The van der Waals surface area contributed by atoms with Crippen molar-refractivity contribution in [2.75, 3.05) is 0 Å². The van der Waals surface area contributed by atoms with Crippen LogP contribution in [0.2, 0.25) is 5.02 Å². The maximum atomic E-state index is 9.92. The number of rotatable bonds is 1. The van der Waals surface area contributed by atoms with Gasteiger partial charge in [-0.05, 0) is 30.3 Å². The van der Waals surface area contributed by atoms with E-state index < -0.39 is 0 Å². The quantitative estimate of drug-likeness (QED) is 0.585. The molecule has 5 nitrogen and oxygen atoms in total. The van der Waals surface area contributed by atoms with Crippen molar-refractivity contribution < 1.29 is 5.11 Å². The molecule has 0 aliphatic rings. The molecule has 1 N–H and O–H groups in total. The fraction of sp³-hybridized carbons (Fsp3) is 0. The molecule has 0 aliphatic carbocycles. The third-order valence-electron chi connectivity index (χ3n) is 3.28. The van der Waals surface area contributed by atoms with E-state index in [1.165, 1.54) is 0 Å². The van der Waals surface area contributed by atoms with E-state index in [0.29, 0.717) is 22.1 Å². The monoisotopic (exact) mass is 296 g/mol. The van der Waals surface area contributed by atoms with Crippen LogP contribution in [0.15, 0.2) is 48.8 Å². The molecule has 4 rings (SSSR count). The Labute approximate surface area is 124 Å². The van der Waals surface area contributed by atoms with Crippen LogP contribution in [0.25, 0.3) is 27.9 Å². The van der Waals surface area contributed by atoms with Crippen LogP contribution in [0.4, 0.5) is 0 Å². The highest BCUT2D eigenvalue weighted by atomic mass is 35.5. The Hall–Kier alpha value is -2.66. The van der Waals surface area contributed by atoms with Crippen molar-refractivity contribution >= 4 is 28.2 Å². The molecule has 2 aromatic heterocycles. The molecule has 0 amide bonds. The van der Waals surface area contributed by atoms with E-state index in [0.717, 1.165) is 10.9 Å². The second kappa shape index (κ2) is 4.43. The Kier molecular flexibility index (Phi) is 2.55. The van der Waals surface area contributed by atoms with Gasteiger partial charge in [-0.1, -0.05) is 23.7 Å². The molecule has 2 heterocycles. The summed E-state index contributed by atoms with van der Waals surface area (Å²) in [5, 5.41) is 15.7. The van der Waals surface area contributed by atoms with E-state index in [4.69, 9.17) is 11.6 Å². The van der Waals surface area contributed by atoms with Crippen LogP contribution in [-0.2, 0) is 0 Å². The molecule has 0 saturated carbocycles. The number of aromatic nitrogens is 4. The lowest BCUT2D eigenvalue weighted by Crippen LogP contribution is -1.91. The van der Waals surface area contributed by atoms with Crippen LogP contribution in [0.5, 0.6) is 5.75 Å². The van der Waals surface area contributed by atoms with Crippen molar-refractivity contribution in [2.24, 2.45) is 0 Å². The van der Waals surface area contributed by atoms with Gasteiger partial charge in [-0.25, -0.2) is 14.5 Å². The molecule has 102 valence electrons. The number of aromatic hydroxyl groups is 1. The molecule has 0 atom stereocenters. The van der Waals surface area contributed by atoms with E-state index in [9.17, 15) is 5.11 Å². The lowest BCUT2D eigenvalue weighted by atomic mass is 10.2. The van der Waals surface area contributed by atoms with Crippen LogP contribution in [-0.4, -0.2) is 24.7 Å². The average molecular weight is 297 g/mol. The van der Waals surface area contributed by atoms with Crippen LogP contribution < -0.4 is 0 Å². The van der Waals surface area contributed by atoms with Crippen LogP contribution in [0, 0.1) is 0 Å². The number of nitrogens with zero attached hydrogens (tertiary/aromatic N) is 4. The van der Waals surface area contributed by atoms with Crippen LogP contribution in [0.1, 0.15) is 0 Å². The van der Waals surface area contributed by atoms with Gasteiger partial charge in [-0.15, -0.1) is 5.10 Å². The number of hydrogen-bond acceptors (Lipinski definition) is 4. The van der Waals surface area contributed by atoms with Crippen molar-refractivity contribution in [1.29, 1.82) is 0 Å². The first-order chi connectivity index (χ1) is 10.2. The Morgan fingerprint density at radius 2 is 1.95 bits per heavy atom. The second-order valence-corrected chi connectivity index (χ2v) is 5.06. The van der Waals surface area contributed by atoms with Gasteiger partial charge in [0.1, 0.15) is 12.1 Å². The molecule has 0 radical (unpaired) electrons. The smallest absolute Gasteiger partial charge is 0.185 e. The van der Waals surface area contributed by atoms with Crippen LogP contribution >= 0.6 is 11.6 Å². The minimum Gasteiger partial charge on any atom is -0.507 e. The summed E-state index contributed by atoms with van der Waals surface area (Å²) in [6.45, 7) is 0. The molecule has 21 heavy (non-hydrogen) atoms. The maximum absolute atomic E-state index is 9.92. The highest BCUT2D eigenvalue weighted by Gasteiger charge is 2.12. The summed E-state index contributed by atoms with van der Waals surface area (Å²) in [4.78, 5) is 8.83. The topological polar surface area (TPSA) is 63.3 Å². The van der Waals surface area contributed by atoms with E-state index in [1.54, 1.807) is 35.1 Å². The number of para-hydroxylation sites is 1. The molecule has 0 aliphatic heterocycles. The molecular weight excluding hydrogens is 288 g/mol. The van der Waals surface area contributed by atoms with Crippen molar-refractivity contribution in [1.82, 2.24) is 19.6 Å². The number of phenolic OH excluding ortho intramolecular Hbond substituents is 1. The van der Waals surface area contributed by atoms with E-state index >= 15 is 0 Å². The first-order valence-corrected chi connectivity index (χ1v) is 6.69. The Morgan fingerprint density at radius 1 is 1.10 bits per heavy atom. The minimum absolute atomic E-state index is 0.142. The van der Waals surface area contributed by atoms with Crippen molar-refractivity contribution in [3.05, 3.63) is 53.8 Å². The highest BCUT2D eigenvalue weighted by molar-refractivity contribution is 6.31. The van der Waals surface area contributed by atoms with Gasteiger partial charge >= 0.3 is 0 Å². The number of hydrogen-bond donors (Lipinski definition) is 1. The lowest BCUT2D eigenvalue weighted by Gasteiger charge is -1.98. The molecule has 6 heteroatoms. The predicted octanol–water partition coefficient (Wildman–Crippen LogP) is 3.30. The Morgan fingerprint density at radius 3 is 2.81 bits per heavy atom. The van der Waals surface area contributed by atoms with Gasteiger partial charge in [0.2, 0.25) is 0 Å². The summed E-state index contributed by atoms with van der Waals surface area (Å²) in [6, 6.07) is 12.4. The normalized spacial score (nSPS) is 11.3. The predicted molar refractivity (Wildman–Crippen MR) is 80.4 cm³/mol. The molecule has 0 spiro atoms. The summed E-state index contributed by atoms with van der Waals surface area (Å²) < 4.78 is 1.58. The van der Waals surface area contributed by atoms with E-state index in [1.807, 2.05) is 18.2 Å². The van der Waals surface area contributed by atoms with Gasteiger partial charge in [0.25, 0.3) is 0 Å². The third kappa shape index (κ3) is 1.90. The standard InChI is InChI=1S/C15H9ClN4O/c16-9-5-6-12-11(7-9)15-18-14(19-20(15)8-17-12)10-3-1-2-4-13(10)21/h1-8,21H. The molecule has 0 saturated heterocycles. The van der Waals surface area contributed by atoms with Crippen molar-refractivity contribution in [3.63, 3.8) is 0 Å². The third-order valence-corrected chi connectivity index (χ3v) is 3.52. The molecule has 4 aromatic rings. The zero-order valence-corrected chi connectivity index (χ0v) is 11.5. The maximum Gasteiger partial charge on any atom is 0.185 e. The Balaban J connectivity index is 2.04. The number of benzene rings is 2. The molecule has 0 unspecified atom stereocenters. The molecule has 2 aromatic carbocycles. The second-order valence-electron chi connectivity index (χ2n) is 4.63. The van der Waals surface area contributed by atoms with Crippen molar-refractivity contribution in [2.45, 2.75) is 0 Å². The number of fused-ring (bicyclic) bond motifs is 3. The largest absolute Gasteiger partial charge is 0.507 e. The van der Waals surface area contributed by atoms with E-state index in [2.05, 4.69) is 15.1 Å². The SMILES string of the molecule is Oc1ccccc1-c1nc2c3cc(Cl)ccc3ncn2n1. The highest BCUT2D eigenvalue weighted by Crippen LogP contribution is 2.28. The zero-order chi connectivity index (χ0) is 14.4. The summed E-state index contributed by atoms with van der Waals surface area (Å²) in [7, 11) is 0. The van der Waals surface area contributed by atoms with Gasteiger partial charge < -0.3 is 5.11 Å². The van der Waals surface area contributed by atoms with Gasteiger partial charge in [0, 0.05) is 10.4 Å². The fourth-order valence-corrected chi connectivity index (χ4v) is 2.45. The first kappa shape index (κ1) is 12.1. The first-order valence-electron chi connectivity index (χ1n) is 6.31. The van der Waals surface area contributed by atoms with Gasteiger partial charge in [0.05, 0.1) is 11.1 Å². The zero-order valence-electron chi connectivity index (χ0n) is 10.7. The summed E-state index contributed by atoms with van der Waals surface area (Å²) >= 11 is 6.04. The minimum atomic E-state index is 0.142. The Bertz CT molecular complexity index is 980. The van der Waals surface area contributed by atoms with Gasteiger partial charge in [0.15, 0.2) is 11.5 Å². The van der Waals surface area contributed by atoms with Crippen molar-refractivity contribution in [3.8, 4) is 17.1 Å². The summed E-state index contributed by atoms with van der Waals surface area (Å²) in [5.74, 6) is 0.589. The molecule has 0 fully saturated rings. The number of halogens is 1. The van der Waals surface area contributed by atoms with E-state index in [-0.39, 0.29) is 5.75 Å². The summed E-state index contributed by atoms with van der Waals surface area (Å²) in [5.41, 5.74) is 2.03. The molecule has 0 bridgehead atoms. The van der Waals surface area contributed by atoms with Gasteiger partial charge in [-0.3, -0.25) is 0 Å². The van der Waals surface area contributed by atoms with Gasteiger partial charge in [-0.2, -0.15) is 0 Å². The number of phenols is 1. The fourth-order valence-electron chi connectivity index (χ4n) is 2.28. The van der Waals surface area contributed by atoms with Crippen LogP contribution in [0.3, 0.4) is 0 Å². The molecular formula is C15H9ClN4O. The average Bonchev–Trinajstić information content (AvgIpc) is 2.92. The lowest BCUT2D eigenvalue weighted by molar-refractivity contribution is 0.477.